The molecule has 0 aromatic heterocycles. The summed E-state index contributed by atoms with van der Waals surface area (Å²) in [6.45, 7) is 1.99. The van der Waals surface area contributed by atoms with Crippen molar-refractivity contribution in [2.75, 3.05) is 25.4 Å². The zero-order valence-electron chi connectivity index (χ0n) is 11.7. The number of rotatable bonds is 5. The monoisotopic (exact) mass is 306 g/mol. The number of piperidine rings is 1. The molecule has 0 atom stereocenters. The Hall–Kier alpha value is -1.71. The topological polar surface area (TPSA) is 78.2 Å². The molecular weight excluding hydrogens is 288 g/mol. The number of aldehydes is 1. The molecule has 1 aromatic rings. The van der Waals surface area contributed by atoms with Gasteiger partial charge in [0.05, 0.1) is 22.3 Å². The summed E-state index contributed by atoms with van der Waals surface area (Å²) in [5, 5.41) is 8.83. The number of carbonyl (C=O) groups excluding carboxylic acids is 1. The highest BCUT2D eigenvalue weighted by Crippen LogP contribution is 2.17. The van der Waals surface area contributed by atoms with Crippen LogP contribution in [0.15, 0.2) is 29.2 Å². The summed E-state index contributed by atoms with van der Waals surface area (Å²) < 4.78 is 24.5. The second-order valence-corrected chi connectivity index (χ2v) is 7.38. The van der Waals surface area contributed by atoms with Gasteiger partial charge in [0.2, 0.25) is 0 Å². The molecule has 1 aromatic carbocycles. The number of sulfone groups is 1. The van der Waals surface area contributed by atoms with Crippen molar-refractivity contribution in [3.63, 3.8) is 0 Å². The second-order valence-electron chi connectivity index (χ2n) is 5.27. The first-order valence-corrected chi connectivity index (χ1v) is 8.61. The molecule has 0 unspecified atom stereocenters. The van der Waals surface area contributed by atoms with Gasteiger partial charge < -0.3 is 9.69 Å². The lowest BCUT2D eigenvalue weighted by molar-refractivity contribution is -0.112. The van der Waals surface area contributed by atoms with Crippen LogP contribution in [-0.2, 0) is 14.6 Å². The number of hydrogen-bond donors (Lipinski definition) is 0. The number of likely N-dealkylation sites (tertiary alicyclic amines) is 1. The van der Waals surface area contributed by atoms with Gasteiger partial charge in [0.25, 0.3) is 0 Å². The third-order valence-electron chi connectivity index (χ3n) is 3.82. The molecule has 0 bridgehead atoms. The predicted octanol–water partition coefficient (Wildman–Crippen LogP) is 1.24. The first-order valence-electron chi connectivity index (χ1n) is 6.96. The number of hydrogen-bond acceptors (Lipinski definition) is 5. The summed E-state index contributed by atoms with van der Waals surface area (Å²) in [6.07, 6.45) is 2.59. The molecule has 6 heteroatoms. The van der Waals surface area contributed by atoms with Crippen molar-refractivity contribution in [1.29, 1.82) is 5.26 Å². The quantitative estimate of drug-likeness (QED) is 0.765. The normalized spacial score (nSPS) is 17.3. The van der Waals surface area contributed by atoms with E-state index in [2.05, 4.69) is 4.90 Å². The molecule has 1 aliphatic rings. The summed E-state index contributed by atoms with van der Waals surface area (Å²) in [6, 6.07) is 8.05. The summed E-state index contributed by atoms with van der Waals surface area (Å²) in [4.78, 5) is 13.0. The summed E-state index contributed by atoms with van der Waals surface area (Å²) in [5.41, 5.74) is 0.350. The van der Waals surface area contributed by atoms with Gasteiger partial charge >= 0.3 is 0 Å². The average Bonchev–Trinajstić information content (AvgIpc) is 2.53. The first-order chi connectivity index (χ1) is 10.0. The summed E-state index contributed by atoms with van der Waals surface area (Å²) in [5.74, 6) is 0.151. The Morgan fingerprint density at radius 1 is 1.33 bits per heavy atom. The lowest BCUT2D eigenvalue weighted by Crippen LogP contribution is -2.37. The van der Waals surface area contributed by atoms with E-state index in [1.54, 1.807) is 12.1 Å². The number of carbonyl (C=O) groups is 1. The Labute approximate surface area is 125 Å². The van der Waals surface area contributed by atoms with Crippen LogP contribution in [0.1, 0.15) is 18.4 Å². The number of benzene rings is 1. The van der Waals surface area contributed by atoms with E-state index >= 15 is 0 Å². The molecule has 5 nitrogen and oxygen atoms in total. The van der Waals surface area contributed by atoms with E-state index in [1.807, 2.05) is 6.07 Å². The molecule has 112 valence electrons. The molecule has 1 heterocycles. The van der Waals surface area contributed by atoms with Crippen molar-refractivity contribution in [1.82, 2.24) is 4.90 Å². The third kappa shape index (κ3) is 4.13. The van der Waals surface area contributed by atoms with Crippen LogP contribution < -0.4 is 0 Å². The number of nitrogens with zero attached hydrogens (tertiary/aromatic N) is 2. The molecule has 1 fully saturated rings. The molecule has 0 radical (unpaired) electrons. The van der Waals surface area contributed by atoms with Crippen molar-refractivity contribution >= 4 is 16.1 Å². The van der Waals surface area contributed by atoms with Crippen molar-refractivity contribution in [3.8, 4) is 6.07 Å². The molecule has 0 N–H and O–H groups in total. The predicted molar refractivity (Wildman–Crippen MR) is 78.4 cm³/mol. The number of nitriles is 1. The highest BCUT2D eigenvalue weighted by molar-refractivity contribution is 7.91. The molecule has 1 saturated heterocycles. The Bertz CT molecular complexity index is 641. The second kappa shape index (κ2) is 6.83. The Morgan fingerprint density at radius 3 is 2.67 bits per heavy atom. The largest absolute Gasteiger partial charge is 0.303 e. The molecule has 2 rings (SSSR count). The zero-order valence-corrected chi connectivity index (χ0v) is 12.6. The third-order valence-corrected chi connectivity index (χ3v) is 5.52. The molecule has 0 amide bonds. The lowest BCUT2D eigenvalue weighted by atomic mass is 9.99. The minimum absolute atomic E-state index is 0.0354. The van der Waals surface area contributed by atoms with E-state index in [0.29, 0.717) is 12.1 Å². The van der Waals surface area contributed by atoms with Crippen molar-refractivity contribution in [2.45, 2.75) is 17.7 Å². The SMILES string of the molecule is N#Cc1cccc(S(=O)(=O)CCN2CCC(C=O)CC2)c1. The van der Waals surface area contributed by atoms with Crippen molar-refractivity contribution < 1.29 is 13.2 Å². The first kappa shape index (κ1) is 15.7. The molecule has 21 heavy (non-hydrogen) atoms. The van der Waals surface area contributed by atoms with Gasteiger partial charge in [-0.1, -0.05) is 6.07 Å². The van der Waals surface area contributed by atoms with E-state index in [9.17, 15) is 13.2 Å². The van der Waals surface area contributed by atoms with Gasteiger partial charge in [-0.3, -0.25) is 0 Å². The van der Waals surface area contributed by atoms with Gasteiger partial charge in [0.15, 0.2) is 9.84 Å². The lowest BCUT2D eigenvalue weighted by Gasteiger charge is -2.29. The van der Waals surface area contributed by atoms with Crippen LogP contribution in [0.5, 0.6) is 0 Å². The van der Waals surface area contributed by atoms with Gasteiger partial charge in [-0.25, -0.2) is 8.42 Å². The van der Waals surface area contributed by atoms with Crippen LogP contribution in [0.3, 0.4) is 0 Å². The Balaban J connectivity index is 1.96. The maximum absolute atomic E-state index is 12.3. The van der Waals surface area contributed by atoms with E-state index < -0.39 is 9.84 Å². The van der Waals surface area contributed by atoms with Gasteiger partial charge in [-0.15, -0.1) is 0 Å². The molecule has 0 spiro atoms. The Morgan fingerprint density at radius 2 is 2.05 bits per heavy atom. The van der Waals surface area contributed by atoms with Gasteiger partial charge in [-0.2, -0.15) is 5.26 Å². The fourth-order valence-corrected chi connectivity index (χ4v) is 3.77. The minimum atomic E-state index is -3.37. The van der Waals surface area contributed by atoms with Crippen LogP contribution in [0.2, 0.25) is 0 Å². The molecular formula is C15H18N2O3S. The smallest absolute Gasteiger partial charge is 0.179 e. The standard InChI is InChI=1S/C15H18N2O3S/c16-11-14-2-1-3-15(10-14)21(19,20)9-8-17-6-4-13(12-18)5-7-17/h1-3,10,12-13H,4-9H2. The van der Waals surface area contributed by atoms with Crippen molar-refractivity contribution in [3.05, 3.63) is 29.8 Å². The zero-order chi connectivity index (χ0) is 15.3. The van der Waals surface area contributed by atoms with E-state index in [-0.39, 0.29) is 16.6 Å². The van der Waals surface area contributed by atoms with Gasteiger partial charge in [-0.05, 0) is 44.1 Å². The van der Waals surface area contributed by atoms with Crippen LogP contribution in [0.25, 0.3) is 0 Å². The summed E-state index contributed by atoms with van der Waals surface area (Å²) in [7, 11) is -3.37. The highest BCUT2D eigenvalue weighted by Gasteiger charge is 2.21. The van der Waals surface area contributed by atoms with E-state index in [1.165, 1.54) is 12.1 Å². The fourth-order valence-electron chi connectivity index (χ4n) is 2.44. The van der Waals surface area contributed by atoms with Gasteiger partial charge in [0.1, 0.15) is 6.29 Å². The van der Waals surface area contributed by atoms with Gasteiger partial charge in [0, 0.05) is 12.5 Å². The average molecular weight is 306 g/mol. The van der Waals surface area contributed by atoms with E-state index in [0.717, 1.165) is 32.2 Å². The van der Waals surface area contributed by atoms with Crippen LogP contribution in [0, 0.1) is 17.2 Å². The van der Waals surface area contributed by atoms with E-state index in [4.69, 9.17) is 5.26 Å². The molecule has 1 aliphatic heterocycles. The highest BCUT2D eigenvalue weighted by atomic mass is 32.2. The van der Waals surface area contributed by atoms with Crippen LogP contribution in [-0.4, -0.2) is 45.0 Å². The minimum Gasteiger partial charge on any atom is -0.303 e. The molecule has 0 aliphatic carbocycles. The van der Waals surface area contributed by atoms with Crippen LogP contribution in [0.4, 0.5) is 0 Å². The fraction of sp³-hybridized carbons (Fsp3) is 0.467. The van der Waals surface area contributed by atoms with Crippen LogP contribution >= 0.6 is 0 Å². The maximum Gasteiger partial charge on any atom is 0.179 e. The maximum atomic E-state index is 12.3. The summed E-state index contributed by atoms with van der Waals surface area (Å²) >= 11 is 0. The van der Waals surface area contributed by atoms with Crippen molar-refractivity contribution in [2.24, 2.45) is 5.92 Å². The Kier molecular flexibility index (Phi) is 5.10. The molecule has 0 saturated carbocycles.